The standard InChI is InChI=1S/C10H18O2/c1-7(2)8(6-11)5-9-10(3,4)12-9/h8-9,11H,1,5-6H2,2-4H3. The Bertz CT molecular complexity index is 184. The third-order valence-electron chi connectivity index (χ3n) is 2.58. The Morgan fingerprint density at radius 2 is 2.17 bits per heavy atom. The summed E-state index contributed by atoms with van der Waals surface area (Å²) in [6.07, 6.45) is 1.21. The van der Waals surface area contributed by atoms with Crippen molar-refractivity contribution in [3.8, 4) is 0 Å². The number of ether oxygens (including phenoxy) is 1. The maximum atomic E-state index is 9.03. The number of aliphatic hydroxyl groups excluding tert-OH is 1. The molecule has 0 spiro atoms. The van der Waals surface area contributed by atoms with Crippen LogP contribution in [-0.4, -0.2) is 23.4 Å². The Morgan fingerprint density at radius 1 is 1.67 bits per heavy atom. The summed E-state index contributed by atoms with van der Waals surface area (Å²) in [7, 11) is 0. The van der Waals surface area contributed by atoms with Crippen molar-refractivity contribution in [3.63, 3.8) is 0 Å². The summed E-state index contributed by atoms with van der Waals surface area (Å²) in [6.45, 7) is 10.1. The molecule has 2 nitrogen and oxygen atoms in total. The van der Waals surface area contributed by atoms with Crippen LogP contribution < -0.4 is 0 Å². The number of epoxide rings is 1. The van der Waals surface area contributed by atoms with Crippen molar-refractivity contribution in [2.24, 2.45) is 5.92 Å². The first-order valence-electron chi connectivity index (χ1n) is 4.41. The fourth-order valence-electron chi connectivity index (χ4n) is 1.35. The van der Waals surface area contributed by atoms with Gasteiger partial charge < -0.3 is 9.84 Å². The molecule has 1 N–H and O–H groups in total. The molecule has 1 aliphatic heterocycles. The molecular weight excluding hydrogens is 152 g/mol. The van der Waals surface area contributed by atoms with Crippen molar-refractivity contribution < 1.29 is 9.84 Å². The molecule has 70 valence electrons. The van der Waals surface area contributed by atoms with E-state index in [0.29, 0.717) is 6.10 Å². The van der Waals surface area contributed by atoms with E-state index in [2.05, 4.69) is 20.4 Å². The van der Waals surface area contributed by atoms with E-state index in [1.807, 2.05) is 6.92 Å². The van der Waals surface area contributed by atoms with Gasteiger partial charge in [0.25, 0.3) is 0 Å². The second kappa shape index (κ2) is 3.19. The van der Waals surface area contributed by atoms with Crippen molar-refractivity contribution in [2.75, 3.05) is 6.61 Å². The van der Waals surface area contributed by atoms with E-state index >= 15 is 0 Å². The lowest BCUT2D eigenvalue weighted by molar-refractivity contribution is 0.226. The van der Waals surface area contributed by atoms with E-state index < -0.39 is 0 Å². The molecule has 1 heterocycles. The van der Waals surface area contributed by atoms with Crippen LogP contribution in [0.3, 0.4) is 0 Å². The highest BCUT2D eigenvalue weighted by Crippen LogP contribution is 2.40. The van der Waals surface area contributed by atoms with Crippen LogP contribution in [0.25, 0.3) is 0 Å². The Kier molecular flexibility index (Phi) is 2.59. The summed E-state index contributed by atoms with van der Waals surface area (Å²) in [5, 5.41) is 9.03. The molecule has 12 heavy (non-hydrogen) atoms. The molecule has 1 aliphatic rings. The van der Waals surface area contributed by atoms with Gasteiger partial charge in [-0.15, -0.1) is 0 Å². The molecule has 0 saturated carbocycles. The van der Waals surface area contributed by atoms with Crippen LogP contribution in [0.1, 0.15) is 27.2 Å². The van der Waals surface area contributed by atoms with Crippen molar-refractivity contribution in [2.45, 2.75) is 38.9 Å². The van der Waals surface area contributed by atoms with E-state index in [-0.39, 0.29) is 18.1 Å². The number of hydrogen-bond donors (Lipinski definition) is 1. The van der Waals surface area contributed by atoms with Crippen molar-refractivity contribution in [1.29, 1.82) is 0 Å². The first-order chi connectivity index (χ1) is 5.47. The zero-order valence-electron chi connectivity index (χ0n) is 8.13. The molecule has 1 fully saturated rings. The Morgan fingerprint density at radius 3 is 2.42 bits per heavy atom. The monoisotopic (exact) mass is 170 g/mol. The predicted octanol–water partition coefficient (Wildman–Crippen LogP) is 1.74. The van der Waals surface area contributed by atoms with Gasteiger partial charge in [-0.2, -0.15) is 0 Å². The van der Waals surface area contributed by atoms with Gasteiger partial charge in [-0.25, -0.2) is 0 Å². The molecule has 0 amide bonds. The van der Waals surface area contributed by atoms with Gasteiger partial charge in [0.05, 0.1) is 11.7 Å². The Hall–Kier alpha value is -0.340. The van der Waals surface area contributed by atoms with E-state index in [4.69, 9.17) is 9.84 Å². The first-order valence-corrected chi connectivity index (χ1v) is 4.41. The average Bonchev–Trinajstić information content (AvgIpc) is 2.53. The number of hydrogen-bond acceptors (Lipinski definition) is 2. The SMILES string of the molecule is C=C(C)C(CO)CC1OC1(C)C. The number of rotatable bonds is 4. The summed E-state index contributed by atoms with van der Waals surface area (Å²) < 4.78 is 5.43. The van der Waals surface area contributed by atoms with E-state index in [9.17, 15) is 0 Å². The van der Waals surface area contributed by atoms with E-state index in [1.54, 1.807) is 0 Å². The van der Waals surface area contributed by atoms with Gasteiger partial charge in [0.1, 0.15) is 0 Å². The molecule has 1 rings (SSSR count). The van der Waals surface area contributed by atoms with Gasteiger partial charge in [0, 0.05) is 12.5 Å². The smallest absolute Gasteiger partial charge is 0.0892 e. The quantitative estimate of drug-likeness (QED) is 0.515. The second-order valence-electron chi connectivity index (χ2n) is 4.17. The van der Waals surface area contributed by atoms with E-state index in [1.165, 1.54) is 0 Å². The third-order valence-corrected chi connectivity index (χ3v) is 2.58. The zero-order chi connectivity index (χ0) is 9.35. The molecule has 0 aromatic rings. The van der Waals surface area contributed by atoms with E-state index in [0.717, 1.165) is 12.0 Å². The van der Waals surface area contributed by atoms with Crippen LogP contribution in [-0.2, 0) is 4.74 Å². The summed E-state index contributed by atoms with van der Waals surface area (Å²) in [5.74, 6) is 0.205. The molecule has 0 radical (unpaired) electrons. The van der Waals surface area contributed by atoms with Crippen LogP contribution in [0.5, 0.6) is 0 Å². The topological polar surface area (TPSA) is 32.8 Å². The molecule has 2 unspecified atom stereocenters. The molecule has 2 heteroatoms. The van der Waals surface area contributed by atoms with Crippen LogP contribution >= 0.6 is 0 Å². The summed E-state index contributed by atoms with van der Waals surface area (Å²) in [4.78, 5) is 0. The molecule has 0 bridgehead atoms. The van der Waals surface area contributed by atoms with Gasteiger partial charge in [0.15, 0.2) is 0 Å². The van der Waals surface area contributed by atoms with Gasteiger partial charge in [0.2, 0.25) is 0 Å². The molecule has 2 atom stereocenters. The lowest BCUT2D eigenvalue weighted by Crippen LogP contribution is -2.13. The minimum Gasteiger partial charge on any atom is -0.396 e. The van der Waals surface area contributed by atoms with Crippen LogP contribution in [0.4, 0.5) is 0 Å². The zero-order valence-corrected chi connectivity index (χ0v) is 8.13. The summed E-state index contributed by atoms with van der Waals surface area (Å²) in [5.41, 5.74) is 1.08. The van der Waals surface area contributed by atoms with Gasteiger partial charge in [-0.3, -0.25) is 0 Å². The second-order valence-corrected chi connectivity index (χ2v) is 4.17. The van der Waals surface area contributed by atoms with Crippen LogP contribution in [0.2, 0.25) is 0 Å². The van der Waals surface area contributed by atoms with Gasteiger partial charge in [-0.05, 0) is 27.2 Å². The minimum atomic E-state index is 0.0306. The largest absolute Gasteiger partial charge is 0.396 e. The average molecular weight is 170 g/mol. The third kappa shape index (κ3) is 2.08. The maximum absolute atomic E-state index is 9.03. The molecule has 0 aromatic carbocycles. The summed E-state index contributed by atoms with van der Waals surface area (Å²) >= 11 is 0. The van der Waals surface area contributed by atoms with Gasteiger partial charge >= 0.3 is 0 Å². The fourth-order valence-corrected chi connectivity index (χ4v) is 1.35. The molecular formula is C10H18O2. The normalized spacial score (nSPS) is 28.2. The Balaban J connectivity index is 2.35. The number of aliphatic hydroxyl groups is 1. The van der Waals surface area contributed by atoms with Crippen LogP contribution in [0.15, 0.2) is 12.2 Å². The highest BCUT2D eigenvalue weighted by atomic mass is 16.6. The Labute approximate surface area is 74.2 Å². The van der Waals surface area contributed by atoms with Crippen LogP contribution in [0, 0.1) is 5.92 Å². The first kappa shape index (κ1) is 9.75. The molecule has 0 aromatic heterocycles. The molecule has 1 saturated heterocycles. The lowest BCUT2D eigenvalue weighted by atomic mass is 9.94. The fraction of sp³-hybridized carbons (Fsp3) is 0.800. The van der Waals surface area contributed by atoms with Crippen molar-refractivity contribution >= 4 is 0 Å². The highest BCUT2D eigenvalue weighted by Gasteiger charge is 2.48. The van der Waals surface area contributed by atoms with Crippen molar-refractivity contribution in [1.82, 2.24) is 0 Å². The summed E-state index contributed by atoms with van der Waals surface area (Å²) in [6, 6.07) is 0. The maximum Gasteiger partial charge on any atom is 0.0892 e. The highest BCUT2D eigenvalue weighted by molar-refractivity contribution is 5.03. The van der Waals surface area contributed by atoms with Crippen molar-refractivity contribution in [3.05, 3.63) is 12.2 Å². The lowest BCUT2D eigenvalue weighted by Gasteiger charge is -2.12. The minimum absolute atomic E-state index is 0.0306. The van der Waals surface area contributed by atoms with Gasteiger partial charge in [-0.1, -0.05) is 12.2 Å². The predicted molar refractivity (Wildman–Crippen MR) is 49.0 cm³/mol. The molecule has 0 aliphatic carbocycles.